The predicted molar refractivity (Wildman–Crippen MR) is 126 cm³/mol. The largest absolute Gasteiger partial charge is 0.504 e. The molecule has 0 aromatic heterocycles. The van der Waals surface area contributed by atoms with Crippen LogP contribution in [0.1, 0.15) is 36.8 Å². The van der Waals surface area contributed by atoms with Crippen molar-refractivity contribution >= 4 is 32.9 Å². The molecule has 2 aromatic rings. The summed E-state index contributed by atoms with van der Waals surface area (Å²) in [6.45, 7) is 4.05. The number of hydrogen-bond donors (Lipinski definition) is 4. The molecule has 0 saturated heterocycles. The summed E-state index contributed by atoms with van der Waals surface area (Å²) < 4.78 is 1.13. The lowest BCUT2D eigenvalue weighted by molar-refractivity contribution is 0.403. The maximum absolute atomic E-state index is 9.47. The van der Waals surface area contributed by atoms with Gasteiger partial charge in [0.25, 0.3) is 0 Å². The standard InChI is InChI=1S/C22H31BrN2O2.BrH/c23-20-8-5-18(6-9-20)11-15-24-13-3-1-2-4-14-25-16-12-19-7-10-21(26)22(27)17-19;/h5-10,17,24-27H,1-4,11-16H2;1H. The molecule has 0 radical (unpaired) electrons. The van der Waals surface area contributed by atoms with Crippen molar-refractivity contribution in [3.63, 3.8) is 0 Å². The van der Waals surface area contributed by atoms with E-state index in [0.29, 0.717) is 0 Å². The molecule has 0 amide bonds. The normalized spacial score (nSPS) is 10.6. The summed E-state index contributed by atoms with van der Waals surface area (Å²) in [5.74, 6) is -0.104. The van der Waals surface area contributed by atoms with Crippen LogP contribution in [0.2, 0.25) is 0 Å². The van der Waals surface area contributed by atoms with E-state index in [2.05, 4.69) is 50.8 Å². The Labute approximate surface area is 187 Å². The summed E-state index contributed by atoms with van der Waals surface area (Å²) in [5.41, 5.74) is 2.41. The minimum absolute atomic E-state index is 0. The Balaban J connectivity index is 0.00000392. The second-order valence-corrected chi connectivity index (χ2v) is 7.78. The summed E-state index contributed by atoms with van der Waals surface area (Å²) in [4.78, 5) is 0. The van der Waals surface area contributed by atoms with Crippen LogP contribution < -0.4 is 10.6 Å². The fraction of sp³-hybridized carbons (Fsp3) is 0.455. The molecule has 4 nitrogen and oxygen atoms in total. The zero-order chi connectivity index (χ0) is 19.3. The third kappa shape index (κ3) is 10.5. The number of halogens is 2. The Morgan fingerprint density at radius 2 is 1.18 bits per heavy atom. The first-order valence-electron chi connectivity index (χ1n) is 9.82. The average molecular weight is 516 g/mol. The molecule has 4 N–H and O–H groups in total. The van der Waals surface area contributed by atoms with Gasteiger partial charge in [0.2, 0.25) is 0 Å². The summed E-state index contributed by atoms with van der Waals surface area (Å²) in [7, 11) is 0. The zero-order valence-corrected chi connectivity index (χ0v) is 19.6. The van der Waals surface area contributed by atoms with E-state index < -0.39 is 0 Å². The average Bonchev–Trinajstić information content (AvgIpc) is 2.67. The number of hydrogen-bond acceptors (Lipinski definition) is 4. The van der Waals surface area contributed by atoms with Crippen LogP contribution in [0.25, 0.3) is 0 Å². The Bertz CT molecular complexity index is 666. The highest BCUT2D eigenvalue weighted by Crippen LogP contribution is 2.24. The molecule has 156 valence electrons. The van der Waals surface area contributed by atoms with E-state index in [9.17, 15) is 10.2 Å². The van der Waals surface area contributed by atoms with Crippen LogP contribution in [0, 0.1) is 0 Å². The molecule has 0 saturated carbocycles. The number of phenols is 2. The lowest BCUT2D eigenvalue weighted by Crippen LogP contribution is -2.19. The van der Waals surface area contributed by atoms with Crippen LogP contribution in [0.15, 0.2) is 46.9 Å². The third-order valence-electron chi connectivity index (χ3n) is 4.59. The van der Waals surface area contributed by atoms with Gasteiger partial charge in [-0.15, -0.1) is 17.0 Å². The molecule has 0 aliphatic carbocycles. The first-order valence-corrected chi connectivity index (χ1v) is 10.6. The van der Waals surface area contributed by atoms with Crippen LogP contribution >= 0.6 is 32.9 Å². The van der Waals surface area contributed by atoms with Gasteiger partial charge >= 0.3 is 0 Å². The number of rotatable bonds is 13. The first-order chi connectivity index (χ1) is 13.1. The van der Waals surface area contributed by atoms with Crippen molar-refractivity contribution in [3.05, 3.63) is 58.1 Å². The van der Waals surface area contributed by atoms with Gasteiger partial charge in [-0.2, -0.15) is 0 Å². The zero-order valence-electron chi connectivity index (χ0n) is 16.3. The van der Waals surface area contributed by atoms with Crippen LogP contribution in [0.3, 0.4) is 0 Å². The van der Waals surface area contributed by atoms with E-state index in [1.807, 2.05) is 6.07 Å². The van der Waals surface area contributed by atoms with Gasteiger partial charge in [-0.25, -0.2) is 0 Å². The van der Waals surface area contributed by atoms with E-state index >= 15 is 0 Å². The summed E-state index contributed by atoms with van der Waals surface area (Å²) in [5, 5.41) is 25.7. The van der Waals surface area contributed by atoms with Crippen molar-refractivity contribution in [1.82, 2.24) is 10.6 Å². The Morgan fingerprint density at radius 3 is 1.75 bits per heavy atom. The smallest absolute Gasteiger partial charge is 0.157 e. The molecular weight excluding hydrogens is 484 g/mol. The molecule has 0 aliphatic heterocycles. The number of benzene rings is 2. The summed E-state index contributed by atoms with van der Waals surface area (Å²) >= 11 is 3.46. The summed E-state index contributed by atoms with van der Waals surface area (Å²) in [6, 6.07) is 13.5. The Morgan fingerprint density at radius 1 is 0.643 bits per heavy atom. The Hall–Kier alpha value is -1.08. The van der Waals surface area contributed by atoms with Crippen molar-refractivity contribution < 1.29 is 10.2 Å². The highest BCUT2D eigenvalue weighted by molar-refractivity contribution is 9.10. The molecule has 0 bridgehead atoms. The van der Waals surface area contributed by atoms with Crippen LogP contribution in [0.5, 0.6) is 11.5 Å². The van der Waals surface area contributed by atoms with Crippen molar-refractivity contribution in [1.29, 1.82) is 0 Å². The minimum Gasteiger partial charge on any atom is -0.504 e. The molecule has 0 atom stereocenters. The molecule has 28 heavy (non-hydrogen) atoms. The monoisotopic (exact) mass is 514 g/mol. The molecule has 0 aliphatic rings. The van der Waals surface area contributed by atoms with Crippen LogP contribution in [0.4, 0.5) is 0 Å². The molecule has 0 unspecified atom stereocenters. The van der Waals surface area contributed by atoms with E-state index in [0.717, 1.165) is 49.1 Å². The van der Waals surface area contributed by atoms with E-state index in [4.69, 9.17) is 0 Å². The number of aromatic hydroxyl groups is 2. The SMILES string of the molecule is Br.Oc1ccc(CCNCCCCCCNCCc2ccc(Br)cc2)cc1O. The lowest BCUT2D eigenvalue weighted by atomic mass is 10.1. The molecule has 2 aromatic carbocycles. The molecule has 0 fully saturated rings. The third-order valence-corrected chi connectivity index (χ3v) is 5.12. The predicted octanol–water partition coefficient (Wildman–Crippen LogP) is 4.96. The maximum atomic E-state index is 9.47. The molecule has 6 heteroatoms. The number of unbranched alkanes of at least 4 members (excludes halogenated alkanes) is 3. The fourth-order valence-electron chi connectivity index (χ4n) is 2.94. The van der Waals surface area contributed by atoms with E-state index in [-0.39, 0.29) is 28.5 Å². The lowest BCUT2D eigenvalue weighted by Gasteiger charge is -2.07. The highest BCUT2D eigenvalue weighted by Gasteiger charge is 2.00. The van der Waals surface area contributed by atoms with Crippen molar-refractivity contribution in [2.24, 2.45) is 0 Å². The fourth-order valence-corrected chi connectivity index (χ4v) is 3.21. The van der Waals surface area contributed by atoms with Gasteiger partial charge in [0, 0.05) is 4.47 Å². The van der Waals surface area contributed by atoms with Crippen molar-refractivity contribution in [2.45, 2.75) is 38.5 Å². The van der Waals surface area contributed by atoms with E-state index in [1.165, 1.54) is 37.3 Å². The number of nitrogens with one attached hydrogen (secondary N) is 2. The quantitative estimate of drug-likeness (QED) is 0.225. The van der Waals surface area contributed by atoms with Gasteiger partial charge in [0.15, 0.2) is 11.5 Å². The molecule has 0 heterocycles. The van der Waals surface area contributed by atoms with Gasteiger partial charge in [-0.3, -0.25) is 0 Å². The van der Waals surface area contributed by atoms with Crippen LogP contribution in [-0.2, 0) is 12.8 Å². The molecule has 2 rings (SSSR count). The van der Waals surface area contributed by atoms with Crippen molar-refractivity contribution in [2.75, 3.05) is 26.2 Å². The topological polar surface area (TPSA) is 64.5 Å². The van der Waals surface area contributed by atoms with Gasteiger partial charge in [-0.05, 0) is 87.3 Å². The van der Waals surface area contributed by atoms with Crippen LogP contribution in [-0.4, -0.2) is 36.4 Å². The first kappa shape index (κ1) is 25.0. The summed E-state index contributed by atoms with van der Waals surface area (Å²) in [6.07, 6.45) is 6.87. The second-order valence-electron chi connectivity index (χ2n) is 6.86. The Kier molecular flexibility index (Phi) is 13.2. The minimum atomic E-state index is -0.0606. The van der Waals surface area contributed by atoms with Crippen molar-refractivity contribution in [3.8, 4) is 11.5 Å². The van der Waals surface area contributed by atoms with E-state index in [1.54, 1.807) is 6.07 Å². The van der Waals surface area contributed by atoms with Gasteiger partial charge < -0.3 is 20.8 Å². The number of phenolic OH excluding ortho intramolecular Hbond substituents is 2. The van der Waals surface area contributed by atoms with Gasteiger partial charge in [-0.1, -0.05) is 47.0 Å². The maximum Gasteiger partial charge on any atom is 0.157 e. The van der Waals surface area contributed by atoms with Gasteiger partial charge in [0.1, 0.15) is 0 Å². The second kappa shape index (κ2) is 14.9. The van der Waals surface area contributed by atoms with Gasteiger partial charge in [0.05, 0.1) is 0 Å². The molecular formula is C22H32Br2N2O2. The highest BCUT2D eigenvalue weighted by atomic mass is 79.9. The molecule has 0 spiro atoms.